The zero-order chi connectivity index (χ0) is 15.5. The molecule has 1 aromatic carbocycles. The fourth-order valence-electron chi connectivity index (χ4n) is 2.73. The third-order valence-electron chi connectivity index (χ3n) is 4.00. The monoisotopic (exact) mass is 320 g/mol. The number of ether oxygens (including phenoxy) is 1. The summed E-state index contributed by atoms with van der Waals surface area (Å²) in [6.45, 7) is 1.36. The Morgan fingerprint density at radius 1 is 1.36 bits per heavy atom. The predicted octanol–water partition coefficient (Wildman–Crippen LogP) is 3.36. The maximum absolute atomic E-state index is 12.5. The Balaban J connectivity index is 1.64. The van der Waals surface area contributed by atoms with E-state index in [0.717, 1.165) is 18.6 Å². The molecule has 1 aliphatic heterocycles. The number of piperidine rings is 1. The third kappa shape index (κ3) is 2.95. The molecule has 1 aliphatic rings. The molecule has 1 fully saturated rings. The molecule has 22 heavy (non-hydrogen) atoms. The summed E-state index contributed by atoms with van der Waals surface area (Å²) < 4.78 is 10.3. The second-order valence-corrected chi connectivity index (χ2v) is 5.73. The number of amides is 1. The number of rotatable bonds is 3. The van der Waals surface area contributed by atoms with E-state index in [4.69, 9.17) is 20.9 Å². The first-order valence-corrected chi connectivity index (χ1v) is 7.61. The second kappa shape index (κ2) is 6.40. The van der Waals surface area contributed by atoms with Gasteiger partial charge in [0, 0.05) is 25.1 Å². The summed E-state index contributed by atoms with van der Waals surface area (Å²) in [5.74, 6) is 1.57. The normalized spacial score (nSPS) is 15.8. The standard InChI is InChI=1S/C16H17ClN2O3/c1-21-15-10-14(22-18-15)11-6-8-19(9-7-11)16(20)12-4-2-3-5-13(12)17/h2-5,10-11H,6-9H2,1H3. The van der Waals surface area contributed by atoms with Crippen molar-refractivity contribution in [1.82, 2.24) is 10.1 Å². The molecule has 1 aromatic heterocycles. The highest BCUT2D eigenvalue weighted by Crippen LogP contribution is 2.31. The van der Waals surface area contributed by atoms with Crippen molar-refractivity contribution in [1.29, 1.82) is 0 Å². The molecule has 2 heterocycles. The molecule has 0 spiro atoms. The number of likely N-dealkylation sites (tertiary alicyclic amines) is 1. The topological polar surface area (TPSA) is 55.6 Å². The highest BCUT2D eigenvalue weighted by atomic mass is 35.5. The van der Waals surface area contributed by atoms with Gasteiger partial charge in [-0.25, -0.2) is 0 Å². The van der Waals surface area contributed by atoms with Gasteiger partial charge in [-0.1, -0.05) is 23.7 Å². The summed E-state index contributed by atoms with van der Waals surface area (Å²) in [7, 11) is 1.56. The van der Waals surface area contributed by atoms with Crippen LogP contribution < -0.4 is 4.74 Å². The molecule has 1 saturated heterocycles. The Morgan fingerprint density at radius 3 is 2.73 bits per heavy atom. The van der Waals surface area contributed by atoms with Gasteiger partial charge in [0.05, 0.1) is 17.7 Å². The van der Waals surface area contributed by atoms with Crippen molar-refractivity contribution < 1.29 is 14.1 Å². The summed E-state index contributed by atoms with van der Waals surface area (Å²) in [6, 6.07) is 8.96. The minimum Gasteiger partial charge on any atom is -0.479 e. The smallest absolute Gasteiger partial charge is 0.255 e. The number of benzene rings is 1. The van der Waals surface area contributed by atoms with Gasteiger partial charge in [0.1, 0.15) is 5.76 Å². The minimum absolute atomic E-state index is 0.0146. The molecule has 0 unspecified atom stereocenters. The highest BCUT2D eigenvalue weighted by Gasteiger charge is 2.27. The number of carbonyl (C=O) groups is 1. The van der Waals surface area contributed by atoms with Gasteiger partial charge >= 0.3 is 0 Å². The van der Waals surface area contributed by atoms with Crippen LogP contribution in [0.5, 0.6) is 5.88 Å². The molecule has 0 atom stereocenters. The predicted molar refractivity (Wildman–Crippen MR) is 82.4 cm³/mol. The van der Waals surface area contributed by atoms with Gasteiger partial charge in [-0.05, 0) is 30.1 Å². The van der Waals surface area contributed by atoms with Crippen LogP contribution in [0.15, 0.2) is 34.9 Å². The van der Waals surface area contributed by atoms with E-state index >= 15 is 0 Å². The van der Waals surface area contributed by atoms with Crippen LogP contribution in [-0.4, -0.2) is 36.2 Å². The van der Waals surface area contributed by atoms with Gasteiger partial charge < -0.3 is 14.2 Å². The van der Waals surface area contributed by atoms with Crippen LogP contribution in [0.1, 0.15) is 34.9 Å². The van der Waals surface area contributed by atoms with Crippen molar-refractivity contribution in [2.75, 3.05) is 20.2 Å². The summed E-state index contributed by atoms with van der Waals surface area (Å²) in [5, 5.41) is 4.32. The summed E-state index contributed by atoms with van der Waals surface area (Å²) in [4.78, 5) is 14.3. The van der Waals surface area contributed by atoms with E-state index in [1.165, 1.54) is 0 Å². The number of methoxy groups -OCH3 is 1. The van der Waals surface area contributed by atoms with Crippen LogP contribution in [-0.2, 0) is 0 Å². The van der Waals surface area contributed by atoms with E-state index in [1.54, 1.807) is 19.2 Å². The lowest BCUT2D eigenvalue weighted by Gasteiger charge is -2.31. The van der Waals surface area contributed by atoms with Crippen molar-refractivity contribution in [2.45, 2.75) is 18.8 Å². The first kappa shape index (κ1) is 14.9. The molecule has 0 aliphatic carbocycles. The Morgan fingerprint density at radius 2 is 2.09 bits per heavy atom. The molecule has 3 rings (SSSR count). The van der Waals surface area contributed by atoms with Crippen molar-refractivity contribution in [3.05, 3.63) is 46.7 Å². The quantitative estimate of drug-likeness (QED) is 0.870. The number of carbonyl (C=O) groups excluding carboxylic acids is 1. The van der Waals surface area contributed by atoms with Crippen LogP contribution in [0, 0.1) is 0 Å². The Kier molecular flexibility index (Phi) is 4.34. The Hall–Kier alpha value is -2.01. The molecule has 0 saturated carbocycles. The SMILES string of the molecule is COc1cc(C2CCN(C(=O)c3ccccc3Cl)CC2)on1. The molecule has 116 valence electrons. The van der Waals surface area contributed by atoms with Gasteiger partial charge in [0.25, 0.3) is 11.8 Å². The lowest BCUT2D eigenvalue weighted by molar-refractivity contribution is 0.0706. The molecular weight excluding hydrogens is 304 g/mol. The number of aromatic nitrogens is 1. The zero-order valence-electron chi connectivity index (χ0n) is 12.3. The van der Waals surface area contributed by atoms with E-state index < -0.39 is 0 Å². The fraction of sp³-hybridized carbons (Fsp3) is 0.375. The van der Waals surface area contributed by atoms with Gasteiger partial charge in [-0.3, -0.25) is 4.79 Å². The first-order valence-electron chi connectivity index (χ1n) is 7.23. The lowest BCUT2D eigenvalue weighted by atomic mass is 9.94. The molecule has 0 radical (unpaired) electrons. The van der Waals surface area contributed by atoms with Gasteiger partial charge in [0.15, 0.2) is 0 Å². The van der Waals surface area contributed by atoms with Crippen molar-refractivity contribution in [3.63, 3.8) is 0 Å². The number of hydrogen-bond donors (Lipinski definition) is 0. The van der Waals surface area contributed by atoms with Crippen LogP contribution in [0.2, 0.25) is 5.02 Å². The van der Waals surface area contributed by atoms with Crippen molar-refractivity contribution >= 4 is 17.5 Å². The number of hydrogen-bond acceptors (Lipinski definition) is 4. The molecule has 0 bridgehead atoms. The molecule has 1 amide bonds. The minimum atomic E-state index is -0.0146. The summed E-state index contributed by atoms with van der Waals surface area (Å²) in [6.07, 6.45) is 1.68. The number of halogens is 1. The molecule has 6 heteroatoms. The van der Waals surface area contributed by atoms with Gasteiger partial charge in [0.2, 0.25) is 0 Å². The average molecular weight is 321 g/mol. The van der Waals surface area contributed by atoms with E-state index in [9.17, 15) is 4.79 Å². The van der Waals surface area contributed by atoms with Crippen molar-refractivity contribution in [3.8, 4) is 5.88 Å². The molecule has 0 N–H and O–H groups in total. The molecule has 5 nitrogen and oxygen atoms in total. The van der Waals surface area contributed by atoms with Crippen LogP contribution in [0.4, 0.5) is 0 Å². The Bertz CT molecular complexity index is 663. The van der Waals surface area contributed by atoms with Crippen molar-refractivity contribution in [2.24, 2.45) is 0 Å². The maximum atomic E-state index is 12.5. The second-order valence-electron chi connectivity index (χ2n) is 5.32. The van der Waals surface area contributed by atoms with Gasteiger partial charge in [-0.15, -0.1) is 0 Å². The third-order valence-corrected chi connectivity index (χ3v) is 4.33. The van der Waals surface area contributed by atoms with Crippen LogP contribution in [0.3, 0.4) is 0 Å². The Labute approximate surface area is 133 Å². The van der Waals surface area contributed by atoms with E-state index in [1.807, 2.05) is 23.1 Å². The van der Waals surface area contributed by atoms with E-state index in [2.05, 4.69) is 5.16 Å². The van der Waals surface area contributed by atoms with E-state index in [-0.39, 0.29) is 11.8 Å². The van der Waals surface area contributed by atoms with E-state index in [0.29, 0.717) is 29.6 Å². The van der Waals surface area contributed by atoms with Crippen LogP contribution in [0.25, 0.3) is 0 Å². The van der Waals surface area contributed by atoms with Gasteiger partial charge in [-0.2, -0.15) is 0 Å². The lowest BCUT2D eigenvalue weighted by Crippen LogP contribution is -2.38. The largest absolute Gasteiger partial charge is 0.479 e. The zero-order valence-corrected chi connectivity index (χ0v) is 13.0. The first-order chi connectivity index (χ1) is 10.7. The summed E-state index contributed by atoms with van der Waals surface area (Å²) in [5.41, 5.74) is 0.559. The average Bonchev–Trinajstić information content (AvgIpc) is 3.04. The fourth-order valence-corrected chi connectivity index (χ4v) is 2.95. The maximum Gasteiger partial charge on any atom is 0.255 e. The molecule has 2 aromatic rings. The molecular formula is C16H17ClN2O3. The number of nitrogens with zero attached hydrogens (tertiary/aromatic N) is 2. The van der Waals surface area contributed by atoms with Crippen LogP contribution >= 0.6 is 11.6 Å². The highest BCUT2D eigenvalue weighted by molar-refractivity contribution is 6.33. The summed E-state index contributed by atoms with van der Waals surface area (Å²) >= 11 is 6.10.